The van der Waals surface area contributed by atoms with E-state index in [2.05, 4.69) is 32.0 Å². The molecular formula is C16H19NO. The maximum absolute atomic E-state index is 9.70. The number of hydrogen-bond donors (Lipinski definition) is 1. The quantitative estimate of drug-likeness (QED) is 0.874. The highest BCUT2D eigenvalue weighted by Gasteiger charge is 2.20. The number of aliphatic hydroxyl groups excluding tert-OH is 1. The van der Waals surface area contributed by atoms with E-state index >= 15 is 0 Å². The van der Waals surface area contributed by atoms with Crippen molar-refractivity contribution in [3.8, 4) is 0 Å². The van der Waals surface area contributed by atoms with Gasteiger partial charge in [-0.2, -0.15) is 0 Å². The number of nitrogens with zero attached hydrogens (tertiary/aromatic N) is 1. The number of hydrogen-bond acceptors (Lipinski definition) is 2. The summed E-state index contributed by atoms with van der Waals surface area (Å²) < 4.78 is 0. The van der Waals surface area contributed by atoms with E-state index in [0.29, 0.717) is 5.92 Å². The predicted molar refractivity (Wildman–Crippen MR) is 73.8 cm³/mol. The van der Waals surface area contributed by atoms with Crippen LogP contribution in [0, 0.1) is 0 Å². The minimum atomic E-state index is 0.128. The van der Waals surface area contributed by atoms with Gasteiger partial charge in [0.25, 0.3) is 0 Å². The Bertz CT molecular complexity index is 602. The molecule has 0 aliphatic heterocycles. The summed E-state index contributed by atoms with van der Waals surface area (Å²) in [6.07, 6.45) is 3.30. The Labute approximate surface area is 108 Å². The third kappa shape index (κ3) is 1.64. The molecule has 18 heavy (non-hydrogen) atoms. The van der Waals surface area contributed by atoms with Crippen molar-refractivity contribution in [1.82, 2.24) is 4.98 Å². The van der Waals surface area contributed by atoms with E-state index in [1.54, 1.807) is 0 Å². The number of pyridine rings is 1. The van der Waals surface area contributed by atoms with Gasteiger partial charge in [0.05, 0.1) is 12.1 Å². The van der Waals surface area contributed by atoms with Crippen molar-refractivity contribution in [2.75, 3.05) is 0 Å². The Hall–Kier alpha value is -1.41. The summed E-state index contributed by atoms with van der Waals surface area (Å²) in [5, 5.41) is 10.8. The highest BCUT2D eigenvalue weighted by molar-refractivity contribution is 5.87. The Morgan fingerprint density at radius 3 is 2.83 bits per heavy atom. The topological polar surface area (TPSA) is 33.1 Å². The monoisotopic (exact) mass is 241 g/mol. The first-order chi connectivity index (χ1) is 8.72. The fraction of sp³-hybridized carbons (Fsp3) is 0.438. The Balaban J connectivity index is 2.38. The van der Waals surface area contributed by atoms with Crippen molar-refractivity contribution in [1.29, 1.82) is 0 Å². The largest absolute Gasteiger partial charge is 0.392 e. The minimum Gasteiger partial charge on any atom is -0.392 e. The second kappa shape index (κ2) is 4.36. The standard InChI is InChI=1S/C16H19NO/c1-10(2)11-5-3-7-13-14(9-18)12-6-4-8-15(12)17-16(11)13/h3,5,7,10,18H,4,6,8-9H2,1-2H3. The fourth-order valence-electron chi connectivity index (χ4n) is 3.05. The van der Waals surface area contributed by atoms with Crippen molar-refractivity contribution in [2.45, 2.75) is 45.6 Å². The first kappa shape index (κ1) is 11.7. The number of aromatic nitrogens is 1. The molecule has 1 aliphatic carbocycles. The average Bonchev–Trinajstić information content (AvgIpc) is 2.82. The lowest BCUT2D eigenvalue weighted by atomic mass is 9.95. The van der Waals surface area contributed by atoms with Gasteiger partial charge in [-0.1, -0.05) is 32.0 Å². The van der Waals surface area contributed by atoms with Crippen LogP contribution in [0.3, 0.4) is 0 Å². The van der Waals surface area contributed by atoms with Crippen molar-refractivity contribution >= 4 is 10.9 Å². The van der Waals surface area contributed by atoms with Gasteiger partial charge >= 0.3 is 0 Å². The molecule has 0 radical (unpaired) electrons. The van der Waals surface area contributed by atoms with Crippen LogP contribution in [0.15, 0.2) is 18.2 Å². The van der Waals surface area contributed by atoms with Crippen LogP contribution >= 0.6 is 0 Å². The van der Waals surface area contributed by atoms with E-state index in [1.807, 2.05) is 0 Å². The van der Waals surface area contributed by atoms with E-state index in [-0.39, 0.29) is 6.61 Å². The SMILES string of the molecule is CC(C)c1cccc2c(CO)c3c(nc12)CCC3. The van der Waals surface area contributed by atoms with Gasteiger partial charge in [0.2, 0.25) is 0 Å². The molecule has 0 spiro atoms. The normalized spacial score (nSPS) is 14.4. The van der Waals surface area contributed by atoms with Gasteiger partial charge in [-0.25, -0.2) is 0 Å². The number of benzene rings is 1. The molecule has 1 aromatic carbocycles. The van der Waals surface area contributed by atoms with Crippen LogP contribution in [-0.2, 0) is 19.4 Å². The van der Waals surface area contributed by atoms with Crippen LogP contribution in [0.4, 0.5) is 0 Å². The van der Waals surface area contributed by atoms with Gasteiger partial charge < -0.3 is 5.11 Å². The zero-order valence-electron chi connectivity index (χ0n) is 11.0. The smallest absolute Gasteiger partial charge is 0.0743 e. The molecular weight excluding hydrogens is 222 g/mol. The molecule has 0 unspecified atom stereocenters. The maximum atomic E-state index is 9.70. The Morgan fingerprint density at radius 1 is 1.28 bits per heavy atom. The lowest BCUT2D eigenvalue weighted by Crippen LogP contribution is -2.01. The van der Waals surface area contributed by atoms with Crippen LogP contribution < -0.4 is 0 Å². The summed E-state index contributed by atoms with van der Waals surface area (Å²) in [7, 11) is 0. The van der Waals surface area contributed by atoms with E-state index in [9.17, 15) is 5.11 Å². The number of aliphatic hydroxyl groups is 1. The molecule has 1 N–H and O–H groups in total. The van der Waals surface area contributed by atoms with Gasteiger partial charge in [0, 0.05) is 11.1 Å². The lowest BCUT2D eigenvalue weighted by Gasteiger charge is -2.14. The summed E-state index contributed by atoms with van der Waals surface area (Å²) in [4.78, 5) is 4.87. The average molecular weight is 241 g/mol. The van der Waals surface area contributed by atoms with Gasteiger partial charge in [-0.05, 0) is 41.9 Å². The van der Waals surface area contributed by atoms with E-state index in [0.717, 1.165) is 29.3 Å². The zero-order chi connectivity index (χ0) is 12.7. The summed E-state index contributed by atoms with van der Waals surface area (Å²) in [5.41, 5.74) is 6.00. The second-order valence-corrected chi connectivity index (χ2v) is 5.43. The van der Waals surface area contributed by atoms with Crippen molar-refractivity contribution < 1.29 is 5.11 Å². The van der Waals surface area contributed by atoms with Gasteiger partial charge in [-0.3, -0.25) is 4.98 Å². The molecule has 0 bridgehead atoms. The molecule has 0 atom stereocenters. The zero-order valence-corrected chi connectivity index (χ0v) is 11.0. The van der Waals surface area contributed by atoms with Crippen molar-refractivity contribution in [2.24, 2.45) is 0 Å². The highest BCUT2D eigenvalue weighted by Crippen LogP contribution is 2.33. The molecule has 1 aliphatic rings. The number of aryl methyl sites for hydroxylation is 1. The molecule has 3 rings (SSSR count). The maximum Gasteiger partial charge on any atom is 0.0743 e. The minimum absolute atomic E-state index is 0.128. The van der Waals surface area contributed by atoms with Crippen LogP contribution in [0.2, 0.25) is 0 Å². The summed E-state index contributed by atoms with van der Waals surface area (Å²) in [5.74, 6) is 0.465. The lowest BCUT2D eigenvalue weighted by molar-refractivity contribution is 0.282. The first-order valence-electron chi connectivity index (χ1n) is 6.76. The molecule has 0 amide bonds. The van der Waals surface area contributed by atoms with Crippen LogP contribution in [0.25, 0.3) is 10.9 Å². The number of fused-ring (bicyclic) bond motifs is 2. The molecule has 2 heteroatoms. The predicted octanol–water partition coefficient (Wildman–Crippen LogP) is 3.34. The molecule has 1 heterocycles. The second-order valence-electron chi connectivity index (χ2n) is 5.43. The molecule has 94 valence electrons. The summed E-state index contributed by atoms with van der Waals surface area (Å²) in [6, 6.07) is 6.33. The van der Waals surface area contributed by atoms with Crippen LogP contribution in [0.1, 0.15) is 48.6 Å². The number of para-hydroxylation sites is 1. The summed E-state index contributed by atoms with van der Waals surface area (Å²) >= 11 is 0. The van der Waals surface area contributed by atoms with Crippen LogP contribution in [-0.4, -0.2) is 10.1 Å². The van der Waals surface area contributed by atoms with E-state index in [1.165, 1.54) is 23.2 Å². The summed E-state index contributed by atoms with van der Waals surface area (Å²) in [6.45, 7) is 4.52. The Morgan fingerprint density at radius 2 is 2.11 bits per heavy atom. The van der Waals surface area contributed by atoms with E-state index in [4.69, 9.17) is 4.98 Å². The Kier molecular flexibility index (Phi) is 2.83. The molecule has 0 saturated carbocycles. The van der Waals surface area contributed by atoms with Crippen molar-refractivity contribution in [3.05, 3.63) is 40.6 Å². The molecule has 2 nitrogen and oxygen atoms in total. The van der Waals surface area contributed by atoms with E-state index < -0.39 is 0 Å². The van der Waals surface area contributed by atoms with Gasteiger partial charge in [0.15, 0.2) is 0 Å². The van der Waals surface area contributed by atoms with Gasteiger partial charge in [0.1, 0.15) is 0 Å². The van der Waals surface area contributed by atoms with Gasteiger partial charge in [-0.15, -0.1) is 0 Å². The molecule has 0 saturated heterocycles. The molecule has 0 fully saturated rings. The first-order valence-corrected chi connectivity index (χ1v) is 6.76. The molecule has 1 aromatic heterocycles. The third-order valence-corrected chi connectivity index (χ3v) is 3.97. The number of rotatable bonds is 2. The fourth-order valence-corrected chi connectivity index (χ4v) is 3.05. The third-order valence-electron chi connectivity index (χ3n) is 3.97. The molecule has 2 aromatic rings. The highest BCUT2D eigenvalue weighted by atomic mass is 16.3. The van der Waals surface area contributed by atoms with Crippen LogP contribution in [0.5, 0.6) is 0 Å². The van der Waals surface area contributed by atoms with Crippen molar-refractivity contribution in [3.63, 3.8) is 0 Å².